The molecule has 0 radical (unpaired) electrons. The highest BCUT2D eigenvalue weighted by Gasteiger charge is 2.21. The SMILES string of the molecule is COc1cc2c(cc1OC)CN(c1cnnc(Nc3cccc(F)c3)n1)CC2. The van der Waals surface area contributed by atoms with Gasteiger partial charge in [-0.3, -0.25) is 0 Å². The molecule has 1 aliphatic rings. The standard InChI is InChI=1S/C20H20FN5O2/c1-27-17-8-13-6-7-26(12-14(13)9-18(17)28-2)19-11-22-25-20(24-19)23-16-5-3-4-15(21)10-16/h3-5,8-11H,6-7,12H2,1-2H3,(H,23,24,25). The summed E-state index contributed by atoms with van der Waals surface area (Å²) < 4.78 is 24.2. The van der Waals surface area contributed by atoms with E-state index < -0.39 is 0 Å². The molecule has 4 rings (SSSR count). The maximum absolute atomic E-state index is 13.4. The molecule has 0 amide bonds. The average molecular weight is 381 g/mol. The number of hydrogen-bond donors (Lipinski definition) is 1. The van der Waals surface area contributed by atoms with Gasteiger partial charge in [0.05, 0.1) is 20.4 Å². The summed E-state index contributed by atoms with van der Waals surface area (Å²) in [4.78, 5) is 6.66. The van der Waals surface area contributed by atoms with Gasteiger partial charge >= 0.3 is 0 Å². The van der Waals surface area contributed by atoms with Crippen molar-refractivity contribution in [2.24, 2.45) is 0 Å². The van der Waals surface area contributed by atoms with Crippen molar-refractivity contribution in [2.75, 3.05) is 31.0 Å². The van der Waals surface area contributed by atoms with Gasteiger partial charge in [0, 0.05) is 18.8 Å². The fourth-order valence-corrected chi connectivity index (χ4v) is 3.27. The van der Waals surface area contributed by atoms with E-state index in [-0.39, 0.29) is 5.82 Å². The summed E-state index contributed by atoms with van der Waals surface area (Å²) in [5, 5.41) is 11.0. The van der Waals surface area contributed by atoms with Crippen molar-refractivity contribution in [3.8, 4) is 11.5 Å². The highest BCUT2D eigenvalue weighted by Crippen LogP contribution is 2.34. The third-order valence-electron chi connectivity index (χ3n) is 4.67. The number of ether oxygens (including phenoxy) is 2. The Balaban J connectivity index is 1.56. The molecule has 0 atom stereocenters. The van der Waals surface area contributed by atoms with Gasteiger partial charge in [-0.05, 0) is 47.9 Å². The first kappa shape index (κ1) is 18.0. The van der Waals surface area contributed by atoms with Gasteiger partial charge in [0.2, 0.25) is 5.95 Å². The molecule has 3 aromatic rings. The molecule has 0 fully saturated rings. The Morgan fingerprint density at radius 2 is 1.86 bits per heavy atom. The molecule has 28 heavy (non-hydrogen) atoms. The van der Waals surface area contributed by atoms with Crippen LogP contribution < -0.4 is 19.7 Å². The lowest BCUT2D eigenvalue weighted by Crippen LogP contribution is -2.31. The molecule has 0 spiro atoms. The fourth-order valence-electron chi connectivity index (χ4n) is 3.27. The van der Waals surface area contributed by atoms with Crippen LogP contribution in [0.25, 0.3) is 0 Å². The van der Waals surface area contributed by atoms with E-state index >= 15 is 0 Å². The monoisotopic (exact) mass is 381 g/mol. The fraction of sp³-hybridized carbons (Fsp3) is 0.250. The highest BCUT2D eigenvalue weighted by molar-refractivity contribution is 5.55. The van der Waals surface area contributed by atoms with Crippen LogP contribution in [0.15, 0.2) is 42.6 Å². The number of fused-ring (bicyclic) bond motifs is 1. The molecule has 0 aliphatic carbocycles. The van der Waals surface area contributed by atoms with E-state index in [0.717, 1.165) is 24.3 Å². The molecule has 8 heteroatoms. The average Bonchev–Trinajstić information content (AvgIpc) is 2.72. The van der Waals surface area contributed by atoms with E-state index in [0.29, 0.717) is 29.7 Å². The molecule has 144 valence electrons. The molecular formula is C20H20FN5O2. The van der Waals surface area contributed by atoms with Crippen molar-refractivity contribution in [1.82, 2.24) is 15.2 Å². The second-order valence-electron chi connectivity index (χ2n) is 6.42. The van der Waals surface area contributed by atoms with Crippen LogP contribution >= 0.6 is 0 Å². The van der Waals surface area contributed by atoms with Crippen LogP contribution in [0.3, 0.4) is 0 Å². The summed E-state index contributed by atoms with van der Waals surface area (Å²) in [7, 11) is 3.27. The number of hydrogen-bond acceptors (Lipinski definition) is 7. The number of anilines is 3. The van der Waals surface area contributed by atoms with E-state index in [1.807, 2.05) is 12.1 Å². The maximum Gasteiger partial charge on any atom is 0.249 e. The number of halogens is 1. The Bertz CT molecular complexity index is 998. The summed E-state index contributed by atoms with van der Waals surface area (Å²) in [6.45, 7) is 1.47. The molecule has 1 N–H and O–H groups in total. The van der Waals surface area contributed by atoms with Gasteiger partial charge in [-0.25, -0.2) is 4.39 Å². The van der Waals surface area contributed by atoms with Crippen molar-refractivity contribution in [3.63, 3.8) is 0 Å². The van der Waals surface area contributed by atoms with Gasteiger partial charge in [-0.1, -0.05) is 6.07 Å². The van der Waals surface area contributed by atoms with Crippen LogP contribution in [-0.4, -0.2) is 35.9 Å². The number of benzene rings is 2. The number of nitrogens with one attached hydrogen (secondary N) is 1. The normalized spacial score (nSPS) is 13.0. The Kier molecular flexibility index (Phi) is 4.92. The Morgan fingerprint density at radius 3 is 2.61 bits per heavy atom. The lowest BCUT2D eigenvalue weighted by atomic mass is 9.99. The predicted octanol–water partition coefficient (Wildman–Crippen LogP) is 3.33. The smallest absolute Gasteiger partial charge is 0.249 e. The van der Waals surface area contributed by atoms with Crippen molar-refractivity contribution < 1.29 is 13.9 Å². The summed E-state index contributed by atoms with van der Waals surface area (Å²) in [5.74, 6) is 2.14. The Morgan fingerprint density at radius 1 is 1.07 bits per heavy atom. The van der Waals surface area contributed by atoms with E-state index in [1.54, 1.807) is 32.5 Å². The molecule has 2 heterocycles. The minimum Gasteiger partial charge on any atom is -0.493 e. The quantitative estimate of drug-likeness (QED) is 0.727. The molecule has 0 unspecified atom stereocenters. The summed E-state index contributed by atoms with van der Waals surface area (Å²) in [5.41, 5.74) is 2.95. The molecule has 2 aromatic carbocycles. The number of methoxy groups -OCH3 is 2. The number of nitrogens with zero attached hydrogens (tertiary/aromatic N) is 4. The van der Waals surface area contributed by atoms with E-state index in [1.165, 1.54) is 17.7 Å². The van der Waals surface area contributed by atoms with Crippen LogP contribution in [0.1, 0.15) is 11.1 Å². The topological polar surface area (TPSA) is 72.4 Å². The zero-order valence-electron chi connectivity index (χ0n) is 15.6. The van der Waals surface area contributed by atoms with Crippen LogP contribution in [0.5, 0.6) is 11.5 Å². The minimum absolute atomic E-state index is 0.321. The van der Waals surface area contributed by atoms with E-state index in [9.17, 15) is 4.39 Å². The predicted molar refractivity (Wildman–Crippen MR) is 104 cm³/mol. The lowest BCUT2D eigenvalue weighted by Gasteiger charge is -2.30. The summed E-state index contributed by atoms with van der Waals surface area (Å²) in [6, 6.07) is 10.2. The first-order chi connectivity index (χ1) is 13.7. The van der Waals surface area contributed by atoms with E-state index in [4.69, 9.17) is 9.47 Å². The molecule has 0 saturated heterocycles. The Hall–Kier alpha value is -3.42. The van der Waals surface area contributed by atoms with Crippen molar-refractivity contribution in [2.45, 2.75) is 13.0 Å². The first-order valence-corrected chi connectivity index (χ1v) is 8.87. The molecule has 1 aromatic heterocycles. The second kappa shape index (κ2) is 7.67. The molecular weight excluding hydrogens is 361 g/mol. The van der Waals surface area contributed by atoms with Crippen molar-refractivity contribution >= 4 is 17.5 Å². The molecule has 0 bridgehead atoms. The van der Waals surface area contributed by atoms with Crippen LogP contribution in [-0.2, 0) is 13.0 Å². The van der Waals surface area contributed by atoms with Crippen molar-refractivity contribution in [3.05, 3.63) is 59.5 Å². The molecule has 7 nitrogen and oxygen atoms in total. The first-order valence-electron chi connectivity index (χ1n) is 8.87. The van der Waals surface area contributed by atoms with E-state index in [2.05, 4.69) is 25.4 Å². The largest absolute Gasteiger partial charge is 0.493 e. The summed E-state index contributed by atoms with van der Waals surface area (Å²) in [6.07, 6.45) is 2.48. The minimum atomic E-state index is -0.328. The third-order valence-corrected chi connectivity index (χ3v) is 4.67. The van der Waals surface area contributed by atoms with Crippen molar-refractivity contribution in [1.29, 1.82) is 0 Å². The van der Waals surface area contributed by atoms with Crippen LogP contribution in [0, 0.1) is 5.82 Å². The molecule has 0 saturated carbocycles. The van der Waals surface area contributed by atoms with Gasteiger partial charge < -0.3 is 19.7 Å². The number of aromatic nitrogens is 3. The highest BCUT2D eigenvalue weighted by atomic mass is 19.1. The van der Waals surface area contributed by atoms with Gasteiger partial charge in [0.1, 0.15) is 5.82 Å². The van der Waals surface area contributed by atoms with Gasteiger partial charge in [-0.2, -0.15) is 10.1 Å². The Labute approximate surface area is 162 Å². The zero-order valence-corrected chi connectivity index (χ0v) is 15.6. The third kappa shape index (κ3) is 3.66. The molecule has 1 aliphatic heterocycles. The van der Waals surface area contributed by atoms with Crippen LogP contribution in [0.4, 0.5) is 21.8 Å². The van der Waals surface area contributed by atoms with Gasteiger partial charge in [0.25, 0.3) is 0 Å². The maximum atomic E-state index is 13.4. The zero-order chi connectivity index (χ0) is 19.5. The second-order valence-corrected chi connectivity index (χ2v) is 6.42. The number of rotatable bonds is 5. The van der Waals surface area contributed by atoms with Gasteiger partial charge in [-0.15, -0.1) is 5.10 Å². The van der Waals surface area contributed by atoms with Gasteiger partial charge in [0.15, 0.2) is 17.3 Å². The van der Waals surface area contributed by atoms with Crippen LogP contribution in [0.2, 0.25) is 0 Å². The lowest BCUT2D eigenvalue weighted by molar-refractivity contribution is 0.353. The summed E-state index contributed by atoms with van der Waals surface area (Å²) >= 11 is 0.